The molecule has 6 nitrogen and oxygen atoms in total. The van der Waals surface area contributed by atoms with Crippen molar-refractivity contribution in [1.29, 1.82) is 0 Å². The summed E-state index contributed by atoms with van der Waals surface area (Å²) in [6.07, 6.45) is 6.17. The minimum Gasteiger partial charge on any atom is -0.486 e. The molecule has 0 radical (unpaired) electrons. The summed E-state index contributed by atoms with van der Waals surface area (Å²) in [4.78, 5) is 4.09. The fraction of sp³-hybridized carbons (Fsp3) is 0.400. The summed E-state index contributed by atoms with van der Waals surface area (Å²) in [7, 11) is 1.95. The summed E-state index contributed by atoms with van der Waals surface area (Å²) < 4.78 is 10.7. The number of fused-ring (bicyclic) bond motifs is 1. The van der Waals surface area contributed by atoms with Crippen LogP contribution < -0.4 is 4.74 Å². The van der Waals surface area contributed by atoms with Crippen LogP contribution in [0.1, 0.15) is 18.5 Å². The second-order valence-corrected chi connectivity index (χ2v) is 6.54. The number of imidazole rings is 1. The van der Waals surface area contributed by atoms with E-state index in [1.54, 1.807) is 12.5 Å². The number of benzene rings is 1. The van der Waals surface area contributed by atoms with Gasteiger partial charge in [-0.15, -0.1) is 5.10 Å². The molecular formula is C15H16BrN5O. The van der Waals surface area contributed by atoms with Crippen molar-refractivity contribution in [1.82, 2.24) is 24.5 Å². The predicted octanol–water partition coefficient (Wildman–Crippen LogP) is 2.92. The van der Waals surface area contributed by atoms with E-state index in [4.69, 9.17) is 4.74 Å². The Morgan fingerprint density at radius 2 is 2.23 bits per heavy atom. The van der Waals surface area contributed by atoms with Gasteiger partial charge in [-0.2, -0.15) is 0 Å². The third-order valence-electron chi connectivity index (χ3n) is 4.01. The molecule has 2 heterocycles. The van der Waals surface area contributed by atoms with Crippen molar-refractivity contribution in [3.8, 4) is 5.75 Å². The Kier molecular flexibility index (Phi) is 3.37. The molecule has 4 rings (SSSR count). The SMILES string of the molecule is Cn1cncc1COc1ccc2c(nnn2CC2CC2)c1Br. The Balaban J connectivity index is 1.59. The maximum absolute atomic E-state index is 5.89. The van der Waals surface area contributed by atoms with Gasteiger partial charge in [0.05, 0.1) is 28.2 Å². The Bertz CT molecular complexity index is 821. The second kappa shape index (κ2) is 5.39. The first kappa shape index (κ1) is 13.8. The van der Waals surface area contributed by atoms with Crippen LogP contribution in [0.3, 0.4) is 0 Å². The Labute approximate surface area is 136 Å². The molecule has 0 amide bonds. The Hall–Kier alpha value is -1.89. The molecule has 0 N–H and O–H groups in total. The van der Waals surface area contributed by atoms with Gasteiger partial charge >= 0.3 is 0 Å². The van der Waals surface area contributed by atoms with Gasteiger partial charge in [-0.25, -0.2) is 9.67 Å². The summed E-state index contributed by atoms with van der Waals surface area (Å²) in [6.45, 7) is 1.43. The molecule has 0 bridgehead atoms. The molecule has 1 aliphatic carbocycles. The van der Waals surface area contributed by atoms with E-state index in [1.807, 2.05) is 28.4 Å². The first-order valence-corrected chi connectivity index (χ1v) is 8.11. The molecule has 0 spiro atoms. The van der Waals surface area contributed by atoms with Gasteiger partial charge in [0.1, 0.15) is 17.9 Å². The minimum absolute atomic E-state index is 0.469. The third-order valence-corrected chi connectivity index (χ3v) is 4.78. The maximum Gasteiger partial charge on any atom is 0.136 e. The zero-order valence-electron chi connectivity index (χ0n) is 12.2. The van der Waals surface area contributed by atoms with Gasteiger partial charge in [0.2, 0.25) is 0 Å². The molecule has 1 fully saturated rings. The zero-order chi connectivity index (χ0) is 15.1. The smallest absolute Gasteiger partial charge is 0.136 e. The van der Waals surface area contributed by atoms with Crippen molar-refractivity contribution in [2.75, 3.05) is 0 Å². The lowest BCUT2D eigenvalue weighted by Crippen LogP contribution is -2.02. The van der Waals surface area contributed by atoms with E-state index in [9.17, 15) is 0 Å². The molecule has 2 aromatic heterocycles. The van der Waals surface area contributed by atoms with Crippen LogP contribution in [0.2, 0.25) is 0 Å². The van der Waals surface area contributed by atoms with Gasteiger partial charge in [-0.3, -0.25) is 0 Å². The Morgan fingerprint density at radius 1 is 1.36 bits per heavy atom. The van der Waals surface area contributed by atoms with Crippen LogP contribution in [-0.4, -0.2) is 24.5 Å². The van der Waals surface area contributed by atoms with Crippen molar-refractivity contribution >= 4 is 27.0 Å². The Morgan fingerprint density at radius 3 is 2.95 bits per heavy atom. The maximum atomic E-state index is 5.89. The van der Waals surface area contributed by atoms with E-state index in [-0.39, 0.29) is 0 Å². The van der Waals surface area contributed by atoms with Crippen molar-refractivity contribution in [3.05, 3.63) is 34.8 Å². The zero-order valence-corrected chi connectivity index (χ0v) is 13.8. The standard InChI is InChI=1S/C15H16BrN5O/c1-20-9-17-6-11(20)8-22-13-5-4-12-15(14(13)16)18-19-21(12)7-10-2-3-10/h4-6,9-10H,2-3,7-8H2,1H3. The van der Waals surface area contributed by atoms with Crippen LogP contribution in [0, 0.1) is 5.92 Å². The number of hydrogen-bond donors (Lipinski definition) is 0. The number of aryl methyl sites for hydroxylation is 1. The monoisotopic (exact) mass is 361 g/mol. The van der Waals surface area contributed by atoms with Crippen LogP contribution in [0.15, 0.2) is 29.1 Å². The highest BCUT2D eigenvalue weighted by Gasteiger charge is 2.23. The number of rotatable bonds is 5. The van der Waals surface area contributed by atoms with Gasteiger partial charge in [-0.05, 0) is 46.8 Å². The lowest BCUT2D eigenvalue weighted by Gasteiger charge is -2.09. The van der Waals surface area contributed by atoms with Crippen LogP contribution in [-0.2, 0) is 20.2 Å². The van der Waals surface area contributed by atoms with E-state index >= 15 is 0 Å². The molecule has 0 saturated heterocycles. The number of halogens is 1. The molecule has 0 aliphatic heterocycles. The van der Waals surface area contributed by atoms with Crippen LogP contribution in [0.5, 0.6) is 5.75 Å². The second-order valence-electron chi connectivity index (χ2n) is 5.74. The average Bonchev–Trinajstić information content (AvgIpc) is 3.09. The topological polar surface area (TPSA) is 57.8 Å². The van der Waals surface area contributed by atoms with Crippen molar-refractivity contribution < 1.29 is 4.74 Å². The summed E-state index contributed by atoms with van der Waals surface area (Å²) in [5.74, 6) is 1.54. The van der Waals surface area contributed by atoms with Crippen LogP contribution in [0.25, 0.3) is 11.0 Å². The molecule has 0 unspecified atom stereocenters. The summed E-state index contributed by atoms with van der Waals surface area (Å²) in [6, 6.07) is 4.00. The molecule has 1 aliphatic rings. The number of ether oxygens (including phenoxy) is 1. The molecular weight excluding hydrogens is 346 g/mol. The molecule has 0 atom stereocenters. The van der Waals surface area contributed by atoms with Gasteiger partial charge in [-0.1, -0.05) is 5.21 Å². The van der Waals surface area contributed by atoms with Crippen LogP contribution >= 0.6 is 15.9 Å². The highest BCUT2D eigenvalue weighted by molar-refractivity contribution is 9.10. The van der Waals surface area contributed by atoms with E-state index in [0.29, 0.717) is 6.61 Å². The lowest BCUT2D eigenvalue weighted by atomic mass is 10.3. The van der Waals surface area contributed by atoms with E-state index in [0.717, 1.165) is 39.4 Å². The quantitative estimate of drug-likeness (QED) is 0.700. The number of hydrogen-bond acceptors (Lipinski definition) is 4. The fourth-order valence-corrected chi connectivity index (χ4v) is 2.98. The highest BCUT2D eigenvalue weighted by Crippen LogP contribution is 2.35. The number of aromatic nitrogens is 5. The molecule has 7 heteroatoms. The van der Waals surface area contributed by atoms with E-state index < -0.39 is 0 Å². The summed E-state index contributed by atoms with van der Waals surface area (Å²) >= 11 is 3.60. The summed E-state index contributed by atoms with van der Waals surface area (Å²) in [5, 5.41) is 8.56. The normalized spacial score (nSPS) is 14.6. The van der Waals surface area contributed by atoms with Gasteiger partial charge in [0.25, 0.3) is 0 Å². The van der Waals surface area contributed by atoms with Crippen molar-refractivity contribution in [2.45, 2.75) is 26.0 Å². The molecule has 1 saturated carbocycles. The van der Waals surface area contributed by atoms with Gasteiger partial charge in [0.15, 0.2) is 0 Å². The highest BCUT2D eigenvalue weighted by atomic mass is 79.9. The molecule has 114 valence electrons. The minimum atomic E-state index is 0.469. The van der Waals surface area contributed by atoms with Crippen molar-refractivity contribution in [3.63, 3.8) is 0 Å². The summed E-state index contributed by atoms with van der Waals surface area (Å²) in [5.41, 5.74) is 2.92. The van der Waals surface area contributed by atoms with Crippen LogP contribution in [0.4, 0.5) is 0 Å². The largest absolute Gasteiger partial charge is 0.486 e. The van der Waals surface area contributed by atoms with Gasteiger partial charge < -0.3 is 9.30 Å². The third kappa shape index (κ3) is 2.49. The van der Waals surface area contributed by atoms with Crippen molar-refractivity contribution in [2.24, 2.45) is 13.0 Å². The van der Waals surface area contributed by atoms with E-state index in [1.165, 1.54) is 12.8 Å². The lowest BCUT2D eigenvalue weighted by molar-refractivity contribution is 0.295. The predicted molar refractivity (Wildman–Crippen MR) is 85.5 cm³/mol. The van der Waals surface area contributed by atoms with E-state index in [2.05, 4.69) is 31.2 Å². The molecule has 22 heavy (non-hydrogen) atoms. The number of nitrogens with zero attached hydrogens (tertiary/aromatic N) is 5. The first-order valence-electron chi connectivity index (χ1n) is 7.32. The fourth-order valence-electron chi connectivity index (χ4n) is 2.45. The first-order chi connectivity index (χ1) is 10.7. The molecule has 3 aromatic rings. The molecule has 1 aromatic carbocycles. The average molecular weight is 362 g/mol. The van der Waals surface area contributed by atoms with Gasteiger partial charge in [0, 0.05) is 13.6 Å².